The number of nitrogens with zero attached hydrogens (tertiary/aromatic N) is 1. The lowest BCUT2D eigenvalue weighted by atomic mass is 9.99. The molecule has 41 heavy (non-hydrogen) atoms. The molecule has 0 spiro atoms. The summed E-state index contributed by atoms with van der Waals surface area (Å²) in [7, 11) is 1.63. The predicted molar refractivity (Wildman–Crippen MR) is 161 cm³/mol. The maximum absolute atomic E-state index is 13.8. The number of benzene rings is 3. The normalized spacial score (nSPS) is 14.8. The standard InChI is InChI=1S/C33H38N4O4/c1-3-24-20-35-32-27(24)17-25(18-29(32)37-14-8-13-31(37)39)33(40)36-28(16-22-9-5-4-6-10-22)30(38)21-34-19-23-11-7-12-26(15-23)41-2/h4-7,9-12,15,17-18,20,28,30,34-35,38H,3,8,13-14,16,19,21H2,1-2H3,(H,36,40)/t28-,30+/m0/s1. The van der Waals surface area contributed by atoms with Crippen molar-refractivity contribution in [1.29, 1.82) is 0 Å². The molecule has 4 N–H and O–H groups in total. The van der Waals surface area contributed by atoms with Crippen LogP contribution in [0.15, 0.2) is 72.9 Å². The van der Waals surface area contributed by atoms with Crippen LogP contribution in [0.2, 0.25) is 0 Å². The Balaban J connectivity index is 1.37. The molecule has 214 valence electrons. The lowest BCUT2D eigenvalue weighted by Gasteiger charge is -2.25. The summed E-state index contributed by atoms with van der Waals surface area (Å²) in [5.74, 6) is 0.562. The molecule has 0 aliphatic carbocycles. The van der Waals surface area contributed by atoms with Crippen LogP contribution in [0, 0.1) is 0 Å². The molecule has 2 heterocycles. The summed E-state index contributed by atoms with van der Waals surface area (Å²) in [6.45, 7) is 3.55. The minimum Gasteiger partial charge on any atom is -0.497 e. The molecule has 2 amide bonds. The third kappa shape index (κ3) is 6.61. The number of methoxy groups -OCH3 is 1. The number of rotatable bonds is 12. The highest BCUT2D eigenvalue weighted by Crippen LogP contribution is 2.33. The molecule has 0 saturated carbocycles. The maximum atomic E-state index is 13.8. The molecular formula is C33H38N4O4. The average molecular weight is 555 g/mol. The lowest BCUT2D eigenvalue weighted by molar-refractivity contribution is -0.117. The van der Waals surface area contributed by atoms with Crippen molar-refractivity contribution in [2.45, 2.75) is 51.3 Å². The molecule has 1 aromatic heterocycles. The fourth-order valence-electron chi connectivity index (χ4n) is 5.50. The summed E-state index contributed by atoms with van der Waals surface area (Å²) in [4.78, 5) is 31.5. The van der Waals surface area contributed by atoms with E-state index in [4.69, 9.17) is 4.74 Å². The first-order valence-electron chi connectivity index (χ1n) is 14.3. The van der Waals surface area contributed by atoms with Crippen molar-refractivity contribution in [1.82, 2.24) is 15.6 Å². The lowest BCUT2D eigenvalue weighted by Crippen LogP contribution is -2.48. The van der Waals surface area contributed by atoms with E-state index >= 15 is 0 Å². The van der Waals surface area contributed by atoms with Crippen molar-refractivity contribution in [3.63, 3.8) is 0 Å². The van der Waals surface area contributed by atoms with Gasteiger partial charge in [-0.2, -0.15) is 0 Å². The molecule has 8 nitrogen and oxygen atoms in total. The van der Waals surface area contributed by atoms with Gasteiger partial charge in [-0.3, -0.25) is 9.59 Å². The van der Waals surface area contributed by atoms with Crippen molar-refractivity contribution >= 4 is 28.4 Å². The summed E-state index contributed by atoms with van der Waals surface area (Å²) in [6, 6.07) is 20.7. The van der Waals surface area contributed by atoms with Crippen molar-refractivity contribution in [2.75, 3.05) is 25.1 Å². The number of aliphatic hydroxyl groups excluding tert-OH is 1. The summed E-state index contributed by atoms with van der Waals surface area (Å²) < 4.78 is 5.31. The molecule has 1 fully saturated rings. The fraction of sp³-hybridized carbons (Fsp3) is 0.333. The van der Waals surface area contributed by atoms with Gasteiger partial charge in [0.2, 0.25) is 5.91 Å². The van der Waals surface area contributed by atoms with Gasteiger partial charge in [-0.25, -0.2) is 0 Å². The third-order valence-corrected chi connectivity index (χ3v) is 7.76. The number of aromatic nitrogens is 1. The third-order valence-electron chi connectivity index (χ3n) is 7.76. The zero-order valence-electron chi connectivity index (χ0n) is 23.7. The van der Waals surface area contributed by atoms with Crippen LogP contribution in [0.25, 0.3) is 10.9 Å². The Morgan fingerprint density at radius 1 is 1.10 bits per heavy atom. The van der Waals surface area contributed by atoms with Gasteiger partial charge in [0.05, 0.1) is 30.5 Å². The first kappa shape index (κ1) is 28.4. The first-order valence-corrected chi connectivity index (χ1v) is 14.3. The molecule has 0 bridgehead atoms. The number of anilines is 1. The molecule has 0 unspecified atom stereocenters. The summed E-state index contributed by atoms with van der Waals surface area (Å²) >= 11 is 0. The van der Waals surface area contributed by atoms with Gasteiger partial charge in [0.15, 0.2) is 0 Å². The molecule has 1 saturated heterocycles. The Morgan fingerprint density at radius 2 is 1.90 bits per heavy atom. The van der Waals surface area contributed by atoms with Crippen molar-refractivity contribution in [3.05, 3.63) is 95.2 Å². The second kappa shape index (κ2) is 13.0. The summed E-state index contributed by atoms with van der Waals surface area (Å²) in [5, 5.41) is 18.6. The average Bonchev–Trinajstić information content (AvgIpc) is 3.62. The Labute approximate surface area is 240 Å². The van der Waals surface area contributed by atoms with Crippen molar-refractivity contribution in [3.8, 4) is 5.75 Å². The predicted octanol–water partition coefficient (Wildman–Crippen LogP) is 4.36. The highest BCUT2D eigenvalue weighted by Gasteiger charge is 2.27. The van der Waals surface area contributed by atoms with Crippen LogP contribution in [-0.4, -0.2) is 54.2 Å². The van der Waals surface area contributed by atoms with Gasteiger partial charge in [0.25, 0.3) is 5.91 Å². The Bertz CT molecular complexity index is 1500. The second-order valence-electron chi connectivity index (χ2n) is 10.6. The number of aliphatic hydroxyl groups is 1. The van der Waals surface area contributed by atoms with Gasteiger partial charge >= 0.3 is 0 Å². The summed E-state index contributed by atoms with van der Waals surface area (Å²) in [5.41, 5.74) is 5.21. The zero-order valence-corrected chi connectivity index (χ0v) is 23.7. The van der Waals surface area contributed by atoms with E-state index in [1.165, 1.54) is 0 Å². The van der Waals surface area contributed by atoms with Crippen LogP contribution >= 0.6 is 0 Å². The number of amides is 2. The number of carbonyl (C=O) groups is 2. The van der Waals surface area contributed by atoms with Gasteiger partial charge in [-0.15, -0.1) is 0 Å². The minimum atomic E-state index is -0.841. The smallest absolute Gasteiger partial charge is 0.251 e. The Morgan fingerprint density at radius 3 is 2.63 bits per heavy atom. The molecule has 0 radical (unpaired) electrons. The largest absolute Gasteiger partial charge is 0.497 e. The Kier molecular flexibility index (Phi) is 9.01. The van der Waals surface area contributed by atoms with E-state index in [1.54, 1.807) is 18.1 Å². The van der Waals surface area contributed by atoms with E-state index in [1.807, 2.05) is 66.9 Å². The summed E-state index contributed by atoms with van der Waals surface area (Å²) in [6.07, 6.45) is 3.68. The molecule has 2 atom stereocenters. The topological polar surface area (TPSA) is 107 Å². The molecular weight excluding hydrogens is 516 g/mol. The highest BCUT2D eigenvalue weighted by molar-refractivity contribution is 6.08. The highest BCUT2D eigenvalue weighted by atomic mass is 16.5. The quantitative estimate of drug-likeness (QED) is 0.208. The van der Waals surface area contributed by atoms with Gasteiger partial charge in [0.1, 0.15) is 5.75 Å². The van der Waals surface area contributed by atoms with Crippen LogP contribution in [0.1, 0.15) is 46.8 Å². The number of H-pyrrole nitrogens is 1. The number of aryl methyl sites for hydroxylation is 1. The SMILES string of the molecule is CCc1c[nH]c2c(N3CCCC3=O)cc(C(=O)N[C@@H](Cc3ccccc3)[C@H](O)CNCc3cccc(OC)c3)cc12. The molecule has 1 aliphatic heterocycles. The van der Waals surface area contributed by atoms with Crippen LogP contribution < -0.4 is 20.3 Å². The molecule has 1 aliphatic rings. The van der Waals surface area contributed by atoms with Crippen LogP contribution in [0.3, 0.4) is 0 Å². The van der Waals surface area contributed by atoms with Crippen molar-refractivity contribution in [2.24, 2.45) is 0 Å². The van der Waals surface area contributed by atoms with Gasteiger partial charge in [-0.05, 0) is 60.2 Å². The van der Waals surface area contributed by atoms with E-state index in [-0.39, 0.29) is 11.8 Å². The van der Waals surface area contributed by atoms with Gasteiger partial charge < -0.3 is 30.4 Å². The molecule has 8 heteroatoms. The van der Waals surface area contributed by atoms with E-state index in [0.717, 1.165) is 51.9 Å². The van der Waals surface area contributed by atoms with Crippen LogP contribution in [0.4, 0.5) is 5.69 Å². The van der Waals surface area contributed by atoms with E-state index in [2.05, 4.69) is 22.5 Å². The maximum Gasteiger partial charge on any atom is 0.251 e. The van der Waals surface area contributed by atoms with E-state index < -0.39 is 12.1 Å². The van der Waals surface area contributed by atoms with Crippen LogP contribution in [0.5, 0.6) is 5.75 Å². The number of carbonyl (C=O) groups excluding carboxylic acids is 2. The molecule has 3 aromatic carbocycles. The Hall–Kier alpha value is -4.14. The molecule has 4 aromatic rings. The van der Waals surface area contributed by atoms with E-state index in [9.17, 15) is 14.7 Å². The number of hydrogen-bond donors (Lipinski definition) is 4. The number of nitrogens with one attached hydrogen (secondary N) is 3. The second-order valence-corrected chi connectivity index (χ2v) is 10.6. The fourth-order valence-corrected chi connectivity index (χ4v) is 5.50. The zero-order chi connectivity index (χ0) is 28.8. The monoisotopic (exact) mass is 554 g/mol. The molecule has 5 rings (SSSR count). The number of aromatic amines is 1. The first-order chi connectivity index (χ1) is 20.0. The number of ether oxygens (including phenoxy) is 1. The van der Waals surface area contributed by atoms with Crippen molar-refractivity contribution < 1.29 is 19.4 Å². The van der Waals surface area contributed by atoms with Gasteiger partial charge in [-0.1, -0.05) is 49.4 Å². The van der Waals surface area contributed by atoms with Crippen LogP contribution in [-0.2, 0) is 24.2 Å². The van der Waals surface area contributed by atoms with E-state index in [0.29, 0.717) is 38.0 Å². The number of hydrogen-bond acceptors (Lipinski definition) is 5. The minimum absolute atomic E-state index is 0.0657. The van der Waals surface area contributed by atoms with Gasteiger partial charge in [0, 0.05) is 43.2 Å². The number of fused-ring (bicyclic) bond motifs is 1.